The molecule has 1 unspecified atom stereocenters. The second-order valence-electron chi connectivity index (χ2n) is 2.89. The fourth-order valence-electron chi connectivity index (χ4n) is 1.03. The molecule has 0 spiro atoms. The number of ketones is 1. The standard InChI is InChI=1S/C8H10NO4PS2/c10-8(5-15-14)6-1-3-7(4-2-6)9-16(11,12)13/h1-4,9H,5,14H2,(H,11,12,13). The lowest BCUT2D eigenvalue weighted by molar-refractivity contribution is 0.102. The minimum atomic E-state index is -4.26. The number of nitrogens with one attached hydrogen (secondary N) is 1. The molecule has 0 aromatic heterocycles. The van der Waals surface area contributed by atoms with Crippen LogP contribution in [0.1, 0.15) is 10.4 Å². The Morgan fingerprint density at radius 3 is 2.38 bits per heavy atom. The fraction of sp³-hybridized carbons (Fsp3) is 0.125. The van der Waals surface area contributed by atoms with Gasteiger partial charge in [0.1, 0.15) is 0 Å². The van der Waals surface area contributed by atoms with Crippen molar-refractivity contribution in [3.05, 3.63) is 29.8 Å². The summed E-state index contributed by atoms with van der Waals surface area (Å²) < 4.78 is 31.4. The van der Waals surface area contributed by atoms with Gasteiger partial charge in [0, 0.05) is 5.56 Å². The van der Waals surface area contributed by atoms with Crippen LogP contribution in [-0.4, -0.2) is 24.5 Å². The normalized spacial score (nSPS) is 11.1. The van der Waals surface area contributed by atoms with Gasteiger partial charge in [-0.1, -0.05) is 8.44 Å². The highest BCUT2D eigenvalue weighted by Gasteiger charge is 2.07. The Morgan fingerprint density at radius 1 is 1.38 bits per heavy atom. The van der Waals surface area contributed by atoms with Crippen molar-refractivity contribution in [1.82, 2.24) is 0 Å². The summed E-state index contributed by atoms with van der Waals surface area (Å²) in [5.41, 5.74) is 0.702. The topological polar surface area (TPSA) is 83.5 Å². The third-order valence-corrected chi connectivity index (χ3v) is 3.09. The predicted molar refractivity (Wildman–Crippen MR) is 68.1 cm³/mol. The van der Waals surface area contributed by atoms with Crippen molar-refractivity contribution in [2.45, 2.75) is 0 Å². The van der Waals surface area contributed by atoms with Crippen molar-refractivity contribution < 1.29 is 17.8 Å². The van der Waals surface area contributed by atoms with E-state index in [1.54, 1.807) is 0 Å². The van der Waals surface area contributed by atoms with Crippen LogP contribution in [0.2, 0.25) is 0 Å². The van der Waals surface area contributed by atoms with E-state index in [0.717, 1.165) is 0 Å². The van der Waals surface area contributed by atoms with Crippen LogP contribution in [0.4, 0.5) is 5.69 Å². The number of benzene rings is 1. The van der Waals surface area contributed by atoms with Crippen LogP contribution in [0.3, 0.4) is 0 Å². The number of carbonyl (C=O) groups is 1. The molecule has 0 saturated heterocycles. The maximum atomic E-state index is 11.4. The number of rotatable bonds is 5. The van der Waals surface area contributed by atoms with Crippen LogP contribution in [0, 0.1) is 0 Å². The lowest BCUT2D eigenvalue weighted by Gasteiger charge is -2.03. The predicted octanol–water partition coefficient (Wildman–Crippen LogP) is 1.61. The first-order chi connectivity index (χ1) is 7.42. The Morgan fingerprint density at radius 2 is 1.94 bits per heavy atom. The molecule has 0 saturated carbocycles. The van der Waals surface area contributed by atoms with E-state index < -0.39 is 10.3 Å². The average molecular weight is 279 g/mol. The van der Waals surface area contributed by atoms with E-state index >= 15 is 0 Å². The van der Waals surface area contributed by atoms with Gasteiger partial charge in [-0.15, -0.1) is 11.4 Å². The summed E-state index contributed by atoms with van der Waals surface area (Å²) in [4.78, 5) is 11.4. The second-order valence-corrected chi connectivity index (χ2v) is 5.66. The van der Waals surface area contributed by atoms with Crippen molar-refractivity contribution in [2.75, 3.05) is 10.5 Å². The summed E-state index contributed by atoms with van der Waals surface area (Å²) in [6.07, 6.45) is 0. The van der Waals surface area contributed by atoms with E-state index in [2.05, 4.69) is 8.44 Å². The van der Waals surface area contributed by atoms with E-state index in [0.29, 0.717) is 11.3 Å². The van der Waals surface area contributed by atoms with Gasteiger partial charge < -0.3 is 0 Å². The molecule has 0 fully saturated rings. The zero-order chi connectivity index (χ0) is 12.2. The molecule has 88 valence electrons. The molecular formula is C8H10NO4PS2. The molecule has 1 aromatic carbocycles. The molecule has 2 N–H and O–H groups in total. The maximum absolute atomic E-state index is 11.4. The molecule has 1 aromatic rings. The molecule has 1 atom stereocenters. The molecule has 0 radical (unpaired) electrons. The average Bonchev–Trinajstić information content (AvgIpc) is 2.16. The van der Waals surface area contributed by atoms with Gasteiger partial charge in [0.2, 0.25) is 0 Å². The Bertz CT molecular complexity index is 471. The van der Waals surface area contributed by atoms with Gasteiger partial charge in [-0.05, 0) is 24.3 Å². The van der Waals surface area contributed by atoms with Crippen molar-refractivity contribution in [2.24, 2.45) is 0 Å². The summed E-state index contributed by atoms with van der Waals surface area (Å²) in [7, 11) is -1.88. The van der Waals surface area contributed by atoms with Crippen LogP contribution in [0.15, 0.2) is 24.3 Å². The van der Waals surface area contributed by atoms with Gasteiger partial charge >= 0.3 is 10.3 Å². The molecular weight excluding hydrogens is 269 g/mol. The van der Waals surface area contributed by atoms with E-state index in [-0.39, 0.29) is 11.5 Å². The highest BCUT2D eigenvalue weighted by molar-refractivity contribution is 8.44. The van der Waals surface area contributed by atoms with E-state index in [9.17, 15) is 13.2 Å². The van der Waals surface area contributed by atoms with Crippen LogP contribution in [0.25, 0.3) is 0 Å². The summed E-state index contributed by atoms with van der Waals surface area (Å²) in [6.45, 7) is 0. The van der Waals surface area contributed by atoms with Crippen LogP contribution in [0.5, 0.6) is 0 Å². The molecule has 8 heteroatoms. The smallest absolute Gasteiger partial charge is 0.293 e. The lowest BCUT2D eigenvalue weighted by atomic mass is 10.1. The number of carbonyl (C=O) groups excluding carboxylic acids is 1. The molecule has 0 aliphatic heterocycles. The Hall–Kier alpha value is -0.620. The Labute approximate surface area is 99.8 Å². The summed E-state index contributed by atoms with van der Waals surface area (Å²) >= 11 is 1.33. The molecule has 0 aliphatic carbocycles. The third-order valence-electron chi connectivity index (χ3n) is 1.67. The van der Waals surface area contributed by atoms with Gasteiger partial charge in [-0.3, -0.25) is 14.1 Å². The molecule has 16 heavy (non-hydrogen) atoms. The molecule has 0 aliphatic rings. The zero-order valence-corrected chi connectivity index (χ0v) is 10.9. The van der Waals surface area contributed by atoms with E-state index in [1.807, 2.05) is 4.72 Å². The molecule has 0 bridgehead atoms. The van der Waals surface area contributed by atoms with Gasteiger partial charge in [-0.25, -0.2) is 0 Å². The maximum Gasteiger partial charge on any atom is 0.357 e. The molecule has 5 nitrogen and oxygen atoms in total. The highest BCUT2D eigenvalue weighted by Crippen LogP contribution is 2.15. The zero-order valence-electron chi connectivity index (χ0n) is 8.08. The highest BCUT2D eigenvalue weighted by atomic mass is 32.7. The molecule has 0 heterocycles. The lowest BCUT2D eigenvalue weighted by Crippen LogP contribution is -2.10. The second kappa shape index (κ2) is 5.63. The van der Waals surface area contributed by atoms with Crippen LogP contribution >= 0.6 is 19.8 Å². The van der Waals surface area contributed by atoms with Crippen LogP contribution < -0.4 is 4.72 Å². The number of anilines is 1. The van der Waals surface area contributed by atoms with Gasteiger partial charge in [-0.2, -0.15) is 8.42 Å². The first-order valence-corrected chi connectivity index (χ1v) is 8.03. The Balaban J connectivity index is 2.79. The van der Waals surface area contributed by atoms with Crippen molar-refractivity contribution in [3.8, 4) is 0 Å². The third kappa shape index (κ3) is 4.49. The minimum Gasteiger partial charge on any atom is -0.293 e. The summed E-state index contributed by atoms with van der Waals surface area (Å²) in [5, 5.41) is 0. The Kier molecular flexibility index (Phi) is 4.73. The molecule has 0 amide bonds. The number of hydrogen-bond acceptors (Lipinski definition) is 4. The largest absolute Gasteiger partial charge is 0.357 e. The van der Waals surface area contributed by atoms with E-state index in [1.165, 1.54) is 35.6 Å². The van der Waals surface area contributed by atoms with E-state index in [4.69, 9.17) is 4.55 Å². The monoisotopic (exact) mass is 279 g/mol. The summed E-state index contributed by atoms with van der Waals surface area (Å²) in [5.74, 6) is 0.300. The van der Waals surface area contributed by atoms with Crippen LogP contribution in [-0.2, 0) is 10.3 Å². The number of hydrogen-bond donors (Lipinski definition) is 2. The summed E-state index contributed by atoms with van der Waals surface area (Å²) in [6, 6.07) is 5.82. The first-order valence-electron chi connectivity index (χ1n) is 4.12. The van der Waals surface area contributed by atoms with Crippen molar-refractivity contribution in [1.29, 1.82) is 0 Å². The molecule has 1 rings (SSSR count). The fourth-order valence-corrected chi connectivity index (χ4v) is 2.24. The SMILES string of the molecule is O=C(CSP)c1ccc(NS(=O)(=O)O)cc1. The quantitative estimate of drug-likeness (QED) is 0.486. The first kappa shape index (κ1) is 13.4. The van der Waals surface area contributed by atoms with Crippen molar-refractivity contribution >= 4 is 41.6 Å². The number of Topliss-reactive ketones (excluding diaryl/α,β-unsaturated/α-hetero) is 1. The van der Waals surface area contributed by atoms with Gasteiger partial charge in [0.15, 0.2) is 5.78 Å². The van der Waals surface area contributed by atoms with Crippen molar-refractivity contribution in [3.63, 3.8) is 0 Å². The minimum absolute atomic E-state index is 0.0431. The van der Waals surface area contributed by atoms with Gasteiger partial charge in [0.25, 0.3) is 0 Å². The van der Waals surface area contributed by atoms with Gasteiger partial charge in [0.05, 0.1) is 11.4 Å².